The number of likely N-dealkylation sites (tertiary alicyclic amines) is 1. The predicted molar refractivity (Wildman–Crippen MR) is 139 cm³/mol. The molecule has 0 radical (unpaired) electrons. The summed E-state index contributed by atoms with van der Waals surface area (Å²) in [6.45, 7) is 11.3. The van der Waals surface area contributed by atoms with Crippen LogP contribution in [0, 0.1) is 21.4 Å². The molecular weight excluding hydrogens is 428 g/mol. The van der Waals surface area contributed by atoms with E-state index in [1.807, 2.05) is 50.1 Å². The number of aliphatic hydroxyl groups is 1. The highest BCUT2D eigenvalue weighted by Crippen LogP contribution is 2.26. The first-order valence-electron chi connectivity index (χ1n) is 12.2. The number of likely N-dealkylation sites (N-methyl/N-ethyl adjacent to an activating group) is 1. The van der Waals surface area contributed by atoms with Gasteiger partial charge in [-0.1, -0.05) is 46.2 Å². The minimum atomic E-state index is -0.762. The van der Waals surface area contributed by atoms with Crippen LogP contribution < -0.4 is 4.90 Å². The Morgan fingerprint density at radius 1 is 1.09 bits per heavy atom. The molecule has 0 saturated carbocycles. The smallest absolute Gasteiger partial charge is 0.269 e. The van der Waals surface area contributed by atoms with Gasteiger partial charge in [0.25, 0.3) is 5.69 Å². The minimum Gasteiger partial charge on any atom is -0.388 e. The second-order valence-electron chi connectivity index (χ2n) is 8.46. The second kappa shape index (κ2) is 15.0. The van der Waals surface area contributed by atoms with Crippen LogP contribution in [0.1, 0.15) is 58.1 Å². The molecule has 0 aliphatic carbocycles. The highest BCUT2D eigenvalue weighted by molar-refractivity contribution is 5.50. The highest BCUT2D eigenvalue weighted by Gasteiger charge is 2.33. The summed E-state index contributed by atoms with van der Waals surface area (Å²) in [5.41, 5.74) is 2.04. The SMILES string of the molecule is CC.CCC.CN(CC1(O)CCN(CCc2ccc(C#N)cc2)CC1)c1ccc([N+](=O)[O-])cc1. The molecule has 1 aliphatic rings. The summed E-state index contributed by atoms with van der Waals surface area (Å²) >= 11 is 0. The Morgan fingerprint density at radius 3 is 2.09 bits per heavy atom. The van der Waals surface area contributed by atoms with Crippen molar-refractivity contribution in [2.75, 3.05) is 38.1 Å². The summed E-state index contributed by atoms with van der Waals surface area (Å²) in [6, 6.07) is 16.2. The standard InChI is InChI=1S/C22H26N4O3.C3H8.C2H6/c1-24(20-6-8-21(9-7-20)26(28)29)17-22(27)11-14-25(15-12-22)13-10-18-2-4-19(16-23)5-3-18;1-3-2;1-2/h2-9,27H,10-15,17H2,1H3;3H2,1-2H3;1-2H3. The number of nitro benzene ring substituents is 1. The monoisotopic (exact) mass is 468 g/mol. The summed E-state index contributed by atoms with van der Waals surface area (Å²) < 4.78 is 0. The van der Waals surface area contributed by atoms with Crippen molar-refractivity contribution in [2.24, 2.45) is 0 Å². The van der Waals surface area contributed by atoms with E-state index in [4.69, 9.17) is 5.26 Å². The van der Waals surface area contributed by atoms with E-state index in [0.717, 1.165) is 31.7 Å². The number of rotatable bonds is 7. The first-order chi connectivity index (χ1) is 16.3. The largest absolute Gasteiger partial charge is 0.388 e. The minimum absolute atomic E-state index is 0.0661. The number of anilines is 1. The fraction of sp³-hybridized carbons (Fsp3) is 0.519. The fourth-order valence-corrected chi connectivity index (χ4v) is 3.75. The first kappa shape index (κ1) is 29.1. The molecule has 1 saturated heterocycles. The molecular formula is C27H40N4O3. The topological polar surface area (TPSA) is 93.6 Å². The molecule has 2 aromatic rings. The lowest BCUT2D eigenvalue weighted by Crippen LogP contribution is -2.50. The van der Waals surface area contributed by atoms with Crippen molar-refractivity contribution < 1.29 is 10.0 Å². The molecule has 2 aromatic carbocycles. The third-order valence-electron chi connectivity index (χ3n) is 5.62. The summed E-state index contributed by atoms with van der Waals surface area (Å²) in [4.78, 5) is 14.7. The van der Waals surface area contributed by atoms with Gasteiger partial charge in [-0.2, -0.15) is 5.26 Å². The Kier molecular flexibility index (Phi) is 12.9. The molecule has 1 N–H and O–H groups in total. The summed E-state index contributed by atoms with van der Waals surface area (Å²) in [5.74, 6) is 0. The molecule has 7 nitrogen and oxygen atoms in total. The summed E-state index contributed by atoms with van der Waals surface area (Å²) in [5, 5.41) is 30.7. The molecule has 7 heteroatoms. The van der Waals surface area contributed by atoms with Gasteiger partial charge in [0.15, 0.2) is 0 Å². The van der Waals surface area contributed by atoms with E-state index in [0.29, 0.717) is 24.9 Å². The van der Waals surface area contributed by atoms with Crippen molar-refractivity contribution in [1.29, 1.82) is 5.26 Å². The molecule has 0 atom stereocenters. The van der Waals surface area contributed by atoms with Crippen LogP contribution in [0.4, 0.5) is 11.4 Å². The van der Waals surface area contributed by atoms with Gasteiger partial charge in [0.2, 0.25) is 0 Å². The maximum atomic E-state index is 11.0. The number of piperidine rings is 1. The molecule has 1 aliphatic heterocycles. The van der Waals surface area contributed by atoms with Gasteiger partial charge in [-0.25, -0.2) is 0 Å². The van der Waals surface area contributed by atoms with E-state index in [1.54, 1.807) is 12.1 Å². The third kappa shape index (κ3) is 9.50. The molecule has 186 valence electrons. The molecule has 34 heavy (non-hydrogen) atoms. The zero-order chi connectivity index (χ0) is 25.6. The molecule has 0 aromatic heterocycles. The normalized spacial score (nSPS) is 14.5. The fourth-order valence-electron chi connectivity index (χ4n) is 3.75. The molecule has 0 spiro atoms. The van der Waals surface area contributed by atoms with Crippen molar-refractivity contribution in [1.82, 2.24) is 4.90 Å². The Balaban J connectivity index is 0.00000107. The number of benzene rings is 2. The molecule has 1 fully saturated rings. The van der Waals surface area contributed by atoms with Gasteiger partial charge < -0.3 is 14.9 Å². The summed E-state index contributed by atoms with van der Waals surface area (Å²) in [6.07, 6.45) is 3.56. The van der Waals surface area contributed by atoms with Crippen LogP contribution >= 0.6 is 0 Å². The van der Waals surface area contributed by atoms with Gasteiger partial charge in [-0.3, -0.25) is 10.1 Å². The highest BCUT2D eigenvalue weighted by atomic mass is 16.6. The second-order valence-corrected chi connectivity index (χ2v) is 8.46. The number of hydrogen-bond donors (Lipinski definition) is 1. The quantitative estimate of drug-likeness (QED) is 0.431. The average molecular weight is 469 g/mol. The van der Waals surface area contributed by atoms with E-state index in [1.165, 1.54) is 24.1 Å². The van der Waals surface area contributed by atoms with Crippen LogP contribution in [0.5, 0.6) is 0 Å². The molecule has 3 rings (SSSR count). The first-order valence-corrected chi connectivity index (χ1v) is 12.2. The lowest BCUT2D eigenvalue weighted by atomic mass is 9.90. The van der Waals surface area contributed by atoms with E-state index >= 15 is 0 Å². The van der Waals surface area contributed by atoms with E-state index in [2.05, 4.69) is 24.8 Å². The van der Waals surface area contributed by atoms with Crippen LogP contribution in [0.15, 0.2) is 48.5 Å². The zero-order valence-corrected chi connectivity index (χ0v) is 21.3. The van der Waals surface area contributed by atoms with Crippen molar-refractivity contribution >= 4 is 11.4 Å². The average Bonchev–Trinajstić information content (AvgIpc) is 2.85. The van der Waals surface area contributed by atoms with Crippen molar-refractivity contribution in [3.63, 3.8) is 0 Å². The molecule has 0 amide bonds. The van der Waals surface area contributed by atoms with Crippen LogP contribution in [-0.2, 0) is 6.42 Å². The Morgan fingerprint density at radius 2 is 1.62 bits per heavy atom. The van der Waals surface area contributed by atoms with Gasteiger partial charge >= 0.3 is 0 Å². The van der Waals surface area contributed by atoms with Crippen molar-refractivity contribution in [3.05, 3.63) is 69.8 Å². The van der Waals surface area contributed by atoms with Gasteiger partial charge in [0, 0.05) is 51.0 Å². The Labute approximate surface area is 204 Å². The van der Waals surface area contributed by atoms with Crippen LogP contribution in [0.2, 0.25) is 0 Å². The summed E-state index contributed by atoms with van der Waals surface area (Å²) in [7, 11) is 1.90. The number of non-ortho nitro benzene ring substituents is 1. The van der Waals surface area contributed by atoms with Crippen molar-refractivity contribution in [2.45, 2.75) is 59.0 Å². The van der Waals surface area contributed by atoms with E-state index in [9.17, 15) is 15.2 Å². The maximum absolute atomic E-state index is 11.0. The maximum Gasteiger partial charge on any atom is 0.269 e. The number of nitrogens with zero attached hydrogens (tertiary/aromatic N) is 4. The third-order valence-corrected chi connectivity index (χ3v) is 5.62. The zero-order valence-electron chi connectivity index (χ0n) is 21.3. The lowest BCUT2D eigenvalue weighted by Gasteiger charge is -2.40. The van der Waals surface area contributed by atoms with Crippen LogP contribution in [0.3, 0.4) is 0 Å². The van der Waals surface area contributed by atoms with E-state index in [-0.39, 0.29) is 5.69 Å². The van der Waals surface area contributed by atoms with Gasteiger partial charge in [-0.15, -0.1) is 0 Å². The molecule has 1 heterocycles. The Bertz CT molecular complexity index is 884. The number of hydrogen-bond acceptors (Lipinski definition) is 6. The van der Waals surface area contributed by atoms with Crippen LogP contribution in [-0.4, -0.2) is 53.8 Å². The van der Waals surface area contributed by atoms with Gasteiger partial charge in [0.05, 0.1) is 22.2 Å². The number of nitro groups is 1. The van der Waals surface area contributed by atoms with Crippen LogP contribution in [0.25, 0.3) is 0 Å². The molecule has 0 bridgehead atoms. The Hall–Kier alpha value is -2.95. The van der Waals surface area contributed by atoms with Gasteiger partial charge in [0.1, 0.15) is 0 Å². The lowest BCUT2D eigenvalue weighted by molar-refractivity contribution is -0.384. The molecule has 0 unspecified atom stereocenters. The van der Waals surface area contributed by atoms with Gasteiger partial charge in [-0.05, 0) is 49.1 Å². The predicted octanol–water partition coefficient (Wildman–Crippen LogP) is 5.41. The number of nitriles is 1. The van der Waals surface area contributed by atoms with Crippen molar-refractivity contribution in [3.8, 4) is 6.07 Å². The van der Waals surface area contributed by atoms with E-state index < -0.39 is 10.5 Å².